The summed E-state index contributed by atoms with van der Waals surface area (Å²) in [6, 6.07) is 11.9. The maximum Gasteiger partial charge on any atom is 0.294 e. The van der Waals surface area contributed by atoms with Crippen LogP contribution in [0.4, 0.5) is 4.79 Å². The van der Waals surface area contributed by atoms with Crippen LogP contribution in [0.1, 0.15) is 54.9 Å². The lowest BCUT2D eigenvalue weighted by atomic mass is 10.0. The number of likely N-dealkylation sites (tertiary alicyclic amines) is 1. The van der Waals surface area contributed by atoms with Gasteiger partial charge in [-0.2, -0.15) is 0 Å². The Morgan fingerprint density at radius 2 is 1.77 bits per heavy atom. The molecule has 0 unspecified atom stereocenters. The summed E-state index contributed by atoms with van der Waals surface area (Å²) in [5.74, 6) is 0.565. The van der Waals surface area contributed by atoms with E-state index in [2.05, 4.69) is 6.58 Å². The third-order valence-corrected chi connectivity index (χ3v) is 7.65. The van der Waals surface area contributed by atoms with Crippen LogP contribution in [-0.4, -0.2) is 53.1 Å². The highest BCUT2D eigenvalue weighted by Gasteiger charge is 2.37. The zero-order valence-corrected chi connectivity index (χ0v) is 23.6. The number of amides is 3. The number of imide groups is 1. The topological polar surface area (TPSA) is 76.2 Å². The number of carbonyl (C=O) groups is 3. The van der Waals surface area contributed by atoms with Crippen LogP contribution in [0.2, 0.25) is 0 Å². The molecule has 2 aromatic rings. The highest BCUT2D eigenvalue weighted by Crippen LogP contribution is 2.38. The molecule has 0 aliphatic carbocycles. The number of benzene rings is 2. The summed E-state index contributed by atoms with van der Waals surface area (Å²) in [6.45, 7) is 9.77. The Morgan fingerprint density at radius 3 is 2.44 bits per heavy atom. The van der Waals surface area contributed by atoms with E-state index in [1.54, 1.807) is 17.1 Å². The summed E-state index contributed by atoms with van der Waals surface area (Å²) in [4.78, 5) is 41.8. The predicted octanol–water partition coefficient (Wildman–Crippen LogP) is 6.14. The van der Waals surface area contributed by atoms with E-state index in [9.17, 15) is 14.4 Å². The Bertz CT molecular complexity index is 1250. The van der Waals surface area contributed by atoms with Gasteiger partial charge < -0.3 is 14.4 Å². The summed E-state index contributed by atoms with van der Waals surface area (Å²) in [6.07, 6.45) is 8.11. The van der Waals surface area contributed by atoms with Crippen LogP contribution >= 0.6 is 11.8 Å². The zero-order chi connectivity index (χ0) is 27.8. The Hall–Kier alpha value is -3.52. The van der Waals surface area contributed by atoms with E-state index in [0.717, 1.165) is 53.5 Å². The van der Waals surface area contributed by atoms with Gasteiger partial charge in [0.15, 0.2) is 11.5 Å². The Balaban J connectivity index is 1.55. The third kappa shape index (κ3) is 7.32. The lowest BCUT2D eigenvalue weighted by Gasteiger charge is -2.22. The minimum absolute atomic E-state index is 0.178. The number of hydrogen-bond donors (Lipinski definition) is 0. The monoisotopic (exact) mass is 548 g/mol. The maximum absolute atomic E-state index is 13.2. The van der Waals surface area contributed by atoms with Crippen molar-refractivity contribution in [3.05, 3.63) is 76.2 Å². The Labute approximate surface area is 234 Å². The van der Waals surface area contributed by atoms with Crippen molar-refractivity contribution in [3.63, 3.8) is 0 Å². The number of aryl methyl sites for hydroxylation is 1. The van der Waals surface area contributed by atoms with Gasteiger partial charge >= 0.3 is 0 Å². The second-order valence-corrected chi connectivity index (χ2v) is 10.8. The van der Waals surface area contributed by atoms with E-state index in [-0.39, 0.29) is 17.4 Å². The molecule has 0 bridgehead atoms. The molecule has 0 aromatic heterocycles. The summed E-state index contributed by atoms with van der Waals surface area (Å²) in [5, 5.41) is -0.427. The molecule has 2 fully saturated rings. The van der Waals surface area contributed by atoms with E-state index >= 15 is 0 Å². The van der Waals surface area contributed by atoms with Crippen LogP contribution in [0.5, 0.6) is 11.5 Å². The standard InChI is InChI=1S/C31H36N2O5S/c1-4-10-25-17-24(18-26(37-5-2)29(25)38-21-23-13-11-22(3)12-14-23)19-27-30(35)33(31(36)39-27)20-28(34)32-15-8-6-7-9-16-32/h4,11-14,17-19H,1,5-10,15-16,20-21H2,2-3H3. The van der Waals surface area contributed by atoms with Crippen molar-refractivity contribution in [1.29, 1.82) is 0 Å². The first-order valence-electron chi connectivity index (χ1n) is 13.5. The molecule has 2 aromatic carbocycles. The molecule has 39 heavy (non-hydrogen) atoms. The normalized spacial score (nSPS) is 16.9. The zero-order valence-electron chi connectivity index (χ0n) is 22.7. The van der Waals surface area contributed by atoms with Gasteiger partial charge in [-0.15, -0.1) is 6.58 Å². The van der Waals surface area contributed by atoms with Gasteiger partial charge in [-0.25, -0.2) is 0 Å². The van der Waals surface area contributed by atoms with Crippen molar-refractivity contribution >= 4 is 34.9 Å². The van der Waals surface area contributed by atoms with Crippen LogP contribution in [0.15, 0.2) is 54.0 Å². The molecule has 0 saturated carbocycles. The van der Waals surface area contributed by atoms with Gasteiger partial charge in [0.05, 0.1) is 11.5 Å². The van der Waals surface area contributed by atoms with Gasteiger partial charge in [0.1, 0.15) is 13.2 Å². The molecule has 8 heteroatoms. The number of hydrogen-bond acceptors (Lipinski definition) is 6. The molecule has 0 atom stereocenters. The summed E-state index contributed by atoms with van der Waals surface area (Å²) >= 11 is 0.856. The van der Waals surface area contributed by atoms with Crippen molar-refractivity contribution in [2.45, 2.75) is 52.6 Å². The smallest absolute Gasteiger partial charge is 0.294 e. The number of allylic oxidation sites excluding steroid dienone is 1. The van der Waals surface area contributed by atoms with Gasteiger partial charge in [0.2, 0.25) is 5.91 Å². The van der Waals surface area contributed by atoms with Gasteiger partial charge in [-0.1, -0.05) is 48.7 Å². The largest absolute Gasteiger partial charge is 0.490 e. The molecule has 0 N–H and O–H groups in total. The van der Waals surface area contributed by atoms with E-state index in [0.29, 0.717) is 49.8 Å². The van der Waals surface area contributed by atoms with Crippen LogP contribution < -0.4 is 9.47 Å². The molecule has 206 valence electrons. The van der Waals surface area contributed by atoms with Crippen molar-refractivity contribution in [1.82, 2.24) is 9.80 Å². The highest BCUT2D eigenvalue weighted by atomic mass is 32.2. The van der Waals surface area contributed by atoms with Crippen LogP contribution in [0.25, 0.3) is 6.08 Å². The van der Waals surface area contributed by atoms with Gasteiger partial charge in [-0.05, 0) is 74.2 Å². The van der Waals surface area contributed by atoms with Crippen LogP contribution in [0, 0.1) is 6.92 Å². The SMILES string of the molecule is C=CCc1cc(C=C2SC(=O)N(CC(=O)N3CCCCCC3)C2=O)cc(OCC)c1OCc1ccc(C)cc1. The average molecular weight is 549 g/mol. The fraction of sp³-hybridized carbons (Fsp3) is 0.387. The Morgan fingerprint density at radius 1 is 1.05 bits per heavy atom. The first-order chi connectivity index (χ1) is 18.9. The molecule has 7 nitrogen and oxygen atoms in total. The summed E-state index contributed by atoms with van der Waals surface area (Å²) in [7, 11) is 0. The second kappa shape index (κ2) is 13.5. The van der Waals surface area contributed by atoms with Crippen molar-refractivity contribution in [3.8, 4) is 11.5 Å². The molecule has 3 amide bonds. The quantitative estimate of drug-likeness (QED) is 0.262. The van der Waals surface area contributed by atoms with Gasteiger partial charge in [-0.3, -0.25) is 19.3 Å². The number of nitrogens with zero attached hydrogens (tertiary/aromatic N) is 2. The average Bonchev–Trinajstić information content (AvgIpc) is 3.10. The van der Waals surface area contributed by atoms with Crippen molar-refractivity contribution in [2.75, 3.05) is 26.2 Å². The Kier molecular flexibility index (Phi) is 9.87. The molecular weight excluding hydrogens is 512 g/mol. The second-order valence-electron chi connectivity index (χ2n) is 9.77. The predicted molar refractivity (Wildman–Crippen MR) is 155 cm³/mol. The molecule has 0 spiro atoms. The summed E-state index contributed by atoms with van der Waals surface area (Å²) < 4.78 is 12.1. The van der Waals surface area contributed by atoms with Crippen molar-refractivity contribution < 1.29 is 23.9 Å². The molecule has 2 aliphatic heterocycles. The minimum Gasteiger partial charge on any atom is -0.490 e. The fourth-order valence-electron chi connectivity index (χ4n) is 4.68. The molecular formula is C31H36N2O5S. The van der Waals surface area contributed by atoms with E-state index in [1.807, 2.05) is 50.2 Å². The number of ether oxygens (including phenoxy) is 2. The molecule has 2 heterocycles. The minimum atomic E-state index is -0.448. The van der Waals surface area contributed by atoms with Gasteiger partial charge in [0, 0.05) is 18.7 Å². The van der Waals surface area contributed by atoms with E-state index < -0.39 is 11.1 Å². The number of thioether (sulfide) groups is 1. The van der Waals surface area contributed by atoms with Crippen molar-refractivity contribution in [2.24, 2.45) is 0 Å². The first-order valence-corrected chi connectivity index (χ1v) is 14.3. The number of rotatable bonds is 10. The first kappa shape index (κ1) is 28.5. The lowest BCUT2D eigenvalue weighted by Crippen LogP contribution is -2.42. The van der Waals surface area contributed by atoms with E-state index in [4.69, 9.17) is 9.47 Å². The van der Waals surface area contributed by atoms with Gasteiger partial charge in [0.25, 0.3) is 11.1 Å². The highest BCUT2D eigenvalue weighted by molar-refractivity contribution is 8.18. The van der Waals surface area contributed by atoms with Crippen LogP contribution in [0.3, 0.4) is 0 Å². The van der Waals surface area contributed by atoms with Crippen LogP contribution in [-0.2, 0) is 22.6 Å². The molecule has 0 radical (unpaired) electrons. The number of carbonyl (C=O) groups excluding carboxylic acids is 3. The van der Waals surface area contributed by atoms with E-state index in [1.165, 1.54) is 5.56 Å². The summed E-state index contributed by atoms with van der Waals surface area (Å²) in [5.41, 5.74) is 3.80. The fourth-order valence-corrected chi connectivity index (χ4v) is 5.52. The lowest BCUT2D eigenvalue weighted by molar-refractivity contribution is -0.135. The molecule has 2 aliphatic rings. The third-order valence-electron chi connectivity index (χ3n) is 6.75. The maximum atomic E-state index is 13.2. The molecule has 2 saturated heterocycles. The molecule has 4 rings (SSSR count).